The minimum absolute atomic E-state index is 0.0143. The van der Waals surface area contributed by atoms with Crippen molar-refractivity contribution in [3.05, 3.63) is 71.6 Å². The van der Waals surface area contributed by atoms with Crippen molar-refractivity contribution >= 4 is 28.5 Å². The molecule has 0 fully saturated rings. The van der Waals surface area contributed by atoms with E-state index in [0.717, 1.165) is 33.4 Å². The molecular formula is C22H21ClN4O. The molecule has 4 aromatic rings. The Balaban J connectivity index is 1.99. The van der Waals surface area contributed by atoms with E-state index >= 15 is 0 Å². The Morgan fingerprint density at radius 1 is 1.14 bits per heavy atom. The Morgan fingerprint density at radius 2 is 1.93 bits per heavy atom. The molecule has 0 saturated carbocycles. The van der Waals surface area contributed by atoms with Crippen LogP contribution in [0, 0.1) is 6.92 Å². The van der Waals surface area contributed by atoms with Crippen LogP contribution in [0.25, 0.3) is 27.8 Å². The second kappa shape index (κ2) is 7.62. The first-order chi connectivity index (χ1) is 13.6. The monoisotopic (exact) mass is 392 g/mol. The largest absolute Gasteiger partial charge is 0.394 e. The number of aryl methyl sites for hydroxylation is 1. The number of aliphatic hydroxyl groups is 1. The summed E-state index contributed by atoms with van der Waals surface area (Å²) in [7, 11) is 0. The number of aromatic nitrogens is 3. The van der Waals surface area contributed by atoms with E-state index in [2.05, 4.69) is 33.6 Å². The molecule has 2 aromatic carbocycles. The molecule has 0 bridgehead atoms. The third-order valence-electron chi connectivity index (χ3n) is 4.76. The minimum Gasteiger partial charge on any atom is -0.394 e. The predicted molar refractivity (Wildman–Crippen MR) is 114 cm³/mol. The first-order valence-corrected chi connectivity index (χ1v) is 9.51. The summed E-state index contributed by atoms with van der Waals surface area (Å²) >= 11 is 6.37. The third-order valence-corrected chi connectivity index (χ3v) is 5.17. The summed E-state index contributed by atoms with van der Waals surface area (Å²) in [5.74, 6) is 0.697. The molecule has 1 atom stereocenters. The Morgan fingerprint density at radius 3 is 2.64 bits per heavy atom. The van der Waals surface area contributed by atoms with Crippen LogP contribution in [0.4, 0.5) is 5.82 Å². The molecule has 0 saturated heterocycles. The smallest absolute Gasteiger partial charge is 0.150 e. The molecule has 0 radical (unpaired) electrons. The van der Waals surface area contributed by atoms with Crippen LogP contribution in [0.15, 0.2) is 61.1 Å². The normalized spacial score (nSPS) is 12.3. The van der Waals surface area contributed by atoms with Crippen LogP contribution in [-0.4, -0.2) is 32.3 Å². The van der Waals surface area contributed by atoms with Gasteiger partial charge < -0.3 is 15.0 Å². The number of hydrogen-bond donors (Lipinski definition) is 2. The summed E-state index contributed by atoms with van der Waals surface area (Å²) in [6.45, 7) is 3.91. The second-order valence-corrected chi connectivity index (χ2v) is 7.27. The van der Waals surface area contributed by atoms with Crippen molar-refractivity contribution < 1.29 is 5.11 Å². The average molecular weight is 393 g/mol. The van der Waals surface area contributed by atoms with Gasteiger partial charge >= 0.3 is 0 Å². The lowest BCUT2D eigenvalue weighted by atomic mass is 10.1. The lowest BCUT2D eigenvalue weighted by Crippen LogP contribution is -2.20. The van der Waals surface area contributed by atoms with Crippen molar-refractivity contribution in [2.75, 3.05) is 11.9 Å². The zero-order chi connectivity index (χ0) is 19.7. The number of nitrogens with zero attached hydrogens (tertiary/aromatic N) is 3. The summed E-state index contributed by atoms with van der Waals surface area (Å²) in [6, 6.07) is 16.0. The fourth-order valence-corrected chi connectivity index (χ4v) is 3.39. The minimum atomic E-state index is -0.126. The molecule has 28 heavy (non-hydrogen) atoms. The second-order valence-electron chi connectivity index (χ2n) is 6.86. The van der Waals surface area contributed by atoms with Gasteiger partial charge in [-0.25, -0.2) is 9.97 Å². The fraction of sp³-hybridized carbons (Fsp3) is 0.182. The van der Waals surface area contributed by atoms with E-state index in [0.29, 0.717) is 10.8 Å². The molecule has 0 amide bonds. The van der Waals surface area contributed by atoms with Gasteiger partial charge in [0.25, 0.3) is 0 Å². The number of nitrogens with one attached hydrogen (secondary N) is 1. The van der Waals surface area contributed by atoms with E-state index in [9.17, 15) is 5.11 Å². The third kappa shape index (κ3) is 3.35. The number of aliphatic hydroxyl groups excluding tert-OH is 1. The first kappa shape index (κ1) is 18.5. The Kier molecular flexibility index (Phi) is 5.03. The number of rotatable bonds is 5. The quantitative estimate of drug-likeness (QED) is 0.510. The molecule has 0 aliphatic rings. The van der Waals surface area contributed by atoms with E-state index in [1.165, 1.54) is 6.33 Å². The zero-order valence-electron chi connectivity index (χ0n) is 15.7. The van der Waals surface area contributed by atoms with Crippen LogP contribution in [0.2, 0.25) is 5.02 Å². The van der Waals surface area contributed by atoms with Crippen LogP contribution in [-0.2, 0) is 0 Å². The molecule has 0 aliphatic heterocycles. The highest BCUT2D eigenvalue weighted by Crippen LogP contribution is 2.36. The maximum absolute atomic E-state index is 9.47. The van der Waals surface area contributed by atoms with Gasteiger partial charge in [0.15, 0.2) is 5.65 Å². The van der Waals surface area contributed by atoms with Crippen LogP contribution < -0.4 is 5.32 Å². The first-order valence-electron chi connectivity index (χ1n) is 9.14. The van der Waals surface area contributed by atoms with Crippen molar-refractivity contribution in [1.29, 1.82) is 0 Å². The fourth-order valence-electron chi connectivity index (χ4n) is 3.22. The standard InChI is InChI=1S/C22H21ClN4O/c1-14-8-9-17(10-19(14)23)27-11-18(16-6-4-3-5-7-16)20-21(26-15(2)12-28)24-13-25-22(20)27/h3-11,13,15,28H,12H2,1-2H3,(H,24,25,26)/t15-/m0/s1. The lowest BCUT2D eigenvalue weighted by Gasteiger charge is -2.13. The molecule has 0 spiro atoms. The molecule has 0 unspecified atom stereocenters. The summed E-state index contributed by atoms with van der Waals surface area (Å²) in [5.41, 5.74) is 4.82. The number of hydrogen-bond acceptors (Lipinski definition) is 4. The van der Waals surface area contributed by atoms with Crippen LogP contribution in [0.3, 0.4) is 0 Å². The van der Waals surface area contributed by atoms with E-state index in [1.54, 1.807) is 0 Å². The number of fused-ring (bicyclic) bond motifs is 1. The maximum atomic E-state index is 9.47. The zero-order valence-corrected chi connectivity index (χ0v) is 16.5. The van der Waals surface area contributed by atoms with Gasteiger partial charge in [-0.05, 0) is 37.1 Å². The van der Waals surface area contributed by atoms with Crippen molar-refractivity contribution in [1.82, 2.24) is 14.5 Å². The highest BCUT2D eigenvalue weighted by Gasteiger charge is 2.18. The van der Waals surface area contributed by atoms with Gasteiger partial charge in [0, 0.05) is 28.5 Å². The highest BCUT2D eigenvalue weighted by atomic mass is 35.5. The van der Waals surface area contributed by atoms with E-state index in [-0.39, 0.29) is 12.6 Å². The van der Waals surface area contributed by atoms with Crippen molar-refractivity contribution in [2.24, 2.45) is 0 Å². The molecule has 142 valence electrons. The number of halogens is 1. The van der Waals surface area contributed by atoms with Gasteiger partial charge in [0.05, 0.1) is 12.0 Å². The predicted octanol–water partition coefficient (Wildman–Crippen LogP) is 4.84. The van der Waals surface area contributed by atoms with E-state index in [4.69, 9.17) is 11.6 Å². The number of anilines is 1. The van der Waals surface area contributed by atoms with Crippen LogP contribution >= 0.6 is 11.6 Å². The molecule has 2 N–H and O–H groups in total. The van der Waals surface area contributed by atoms with Crippen molar-refractivity contribution in [3.8, 4) is 16.8 Å². The van der Waals surface area contributed by atoms with Crippen molar-refractivity contribution in [3.63, 3.8) is 0 Å². The molecule has 4 rings (SSSR count). The summed E-state index contributed by atoms with van der Waals surface area (Å²) in [6.07, 6.45) is 3.60. The lowest BCUT2D eigenvalue weighted by molar-refractivity contribution is 0.281. The average Bonchev–Trinajstić information content (AvgIpc) is 3.11. The van der Waals surface area contributed by atoms with Gasteiger partial charge in [-0.1, -0.05) is 48.0 Å². The SMILES string of the molecule is Cc1ccc(-n2cc(-c3ccccc3)c3c(N[C@@H](C)CO)ncnc32)cc1Cl. The maximum Gasteiger partial charge on any atom is 0.150 e. The van der Waals surface area contributed by atoms with Gasteiger partial charge in [-0.3, -0.25) is 0 Å². The molecule has 0 aliphatic carbocycles. The van der Waals surface area contributed by atoms with E-state index < -0.39 is 0 Å². The van der Waals surface area contributed by atoms with Gasteiger partial charge in [-0.15, -0.1) is 0 Å². The van der Waals surface area contributed by atoms with E-state index in [1.807, 2.05) is 54.8 Å². The van der Waals surface area contributed by atoms with Crippen LogP contribution in [0.1, 0.15) is 12.5 Å². The summed E-state index contributed by atoms with van der Waals surface area (Å²) < 4.78 is 2.03. The number of benzene rings is 2. The Bertz CT molecular complexity index is 1120. The molecular weight excluding hydrogens is 372 g/mol. The highest BCUT2D eigenvalue weighted by molar-refractivity contribution is 6.31. The summed E-state index contributed by atoms with van der Waals surface area (Å²) in [4.78, 5) is 9.00. The molecule has 5 nitrogen and oxygen atoms in total. The van der Waals surface area contributed by atoms with Gasteiger partial charge in [-0.2, -0.15) is 0 Å². The Hall–Kier alpha value is -2.89. The topological polar surface area (TPSA) is 63.0 Å². The molecule has 2 aromatic heterocycles. The molecule has 6 heteroatoms. The Labute approximate surface area is 168 Å². The summed E-state index contributed by atoms with van der Waals surface area (Å²) in [5, 5.41) is 14.4. The molecule has 2 heterocycles. The van der Waals surface area contributed by atoms with Crippen molar-refractivity contribution in [2.45, 2.75) is 19.9 Å². The van der Waals surface area contributed by atoms with Crippen LogP contribution in [0.5, 0.6) is 0 Å². The van der Waals surface area contributed by atoms with Gasteiger partial charge in [0.1, 0.15) is 12.1 Å². The van der Waals surface area contributed by atoms with Gasteiger partial charge in [0.2, 0.25) is 0 Å².